The molecule has 1 atom stereocenters. The molecule has 1 amide bonds. The molecule has 1 aromatic carbocycles. The minimum absolute atomic E-state index is 0.123. The molecule has 1 fully saturated rings. The standard InChI is InChI=1S/C16H21NO5/c1-10(11-7-8-11)17-14(18)9-22-16(19)12-5-4-6-13(20-2)15(12)21-3/h4-6,10-11H,7-9H2,1-3H3,(H,17,18)/t10-/m1/s1. The zero-order valence-corrected chi connectivity index (χ0v) is 13.0. The summed E-state index contributed by atoms with van der Waals surface area (Å²) in [5.41, 5.74) is 0.227. The number of carbonyl (C=O) groups is 2. The molecule has 0 aromatic heterocycles. The van der Waals surface area contributed by atoms with Crippen molar-refractivity contribution in [3.63, 3.8) is 0 Å². The molecule has 22 heavy (non-hydrogen) atoms. The van der Waals surface area contributed by atoms with Gasteiger partial charge in [0.25, 0.3) is 5.91 Å². The molecule has 1 aliphatic rings. The van der Waals surface area contributed by atoms with Gasteiger partial charge in [0.2, 0.25) is 0 Å². The maximum absolute atomic E-state index is 12.1. The minimum atomic E-state index is -0.620. The number of para-hydroxylation sites is 1. The largest absolute Gasteiger partial charge is 0.493 e. The molecule has 0 aliphatic heterocycles. The summed E-state index contributed by atoms with van der Waals surface area (Å²) in [6, 6.07) is 5.03. The Labute approximate surface area is 129 Å². The van der Waals surface area contributed by atoms with Crippen LogP contribution in [0.15, 0.2) is 18.2 Å². The number of rotatable bonds is 7. The van der Waals surface area contributed by atoms with Gasteiger partial charge in [0.1, 0.15) is 5.56 Å². The van der Waals surface area contributed by atoms with Crippen molar-refractivity contribution >= 4 is 11.9 Å². The number of benzene rings is 1. The number of hydrogen-bond donors (Lipinski definition) is 1. The molecule has 6 nitrogen and oxygen atoms in total. The Bertz CT molecular complexity index is 553. The molecule has 6 heteroatoms. The van der Waals surface area contributed by atoms with Gasteiger partial charge in [-0.25, -0.2) is 4.79 Å². The number of carbonyl (C=O) groups excluding carboxylic acids is 2. The fraction of sp³-hybridized carbons (Fsp3) is 0.500. The van der Waals surface area contributed by atoms with E-state index in [0.717, 1.165) is 12.8 Å². The monoisotopic (exact) mass is 307 g/mol. The van der Waals surface area contributed by atoms with Gasteiger partial charge in [0.15, 0.2) is 18.1 Å². The van der Waals surface area contributed by atoms with E-state index < -0.39 is 5.97 Å². The molecule has 1 N–H and O–H groups in total. The fourth-order valence-corrected chi connectivity index (χ4v) is 2.27. The Kier molecular flexibility index (Phi) is 5.25. The van der Waals surface area contributed by atoms with Gasteiger partial charge in [-0.05, 0) is 37.8 Å². The van der Waals surface area contributed by atoms with Crippen molar-refractivity contribution in [3.05, 3.63) is 23.8 Å². The summed E-state index contributed by atoms with van der Waals surface area (Å²) in [5, 5.41) is 2.83. The van der Waals surface area contributed by atoms with Gasteiger partial charge in [-0.3, -0.25) is 4.79 Å². The summed E-state index contributed by atoms with van der Waals surface area (Å²) in [7, 11) is 2.93. The van der Waals surface area contributed by atoms with E-state index in [1.54, 1.807) is 18.2 Å². The quantitative estimate of drug-likeness (QED) is 0.777. The van der Waals surface area contributed by atoms with Crippen molar-refractivity contribution in [1.82, 2.24) is 5.32 Å². The van der Waals surface area contributed by atoms with Gasteiger partial charge in [-0.2, -0.15) is 0 Å². The lowest BCUT2D eigenvalue weighted by Crippen LogP contribution is -2.37. The third-order valence-corrected chi connectivity index (χ3v) is 3.67. The molecule has 0 unspecified atom stereocenters. The molecule has 1 aromatic rings. The molecule has 120 valence electrons. The van der Waals surface area contributed by atoms with Crippen LogP contribution in [0.4, 0.5) is 0 Å². The lowest BCUT2D eigenvalue weighted by Gasteiger charge is -2.14. The first-order valence-electron chi connectivity index (χ1n) is 7.24. The minimum Gasteiger partial charge on any atom is -0.493 e. The summed E-state index contributed by atoms with van der Waals surface area (Å²) in [4.78, 5) is 23.8. The molecular formula is C16H21NO5. The summed E-state index contributed by atoms with van der Waals surface area (Å²) in [6.07, 6.45) is 2.28. The van der Waals surface area contributed by atoms with Crippen LogP contribution in [0.25, 0.3) is 0 Å². The van der Waals surface area contributed by atoms with Crippen LogP contribution in [0, 0.1) is 5.92 Å². The Morgan fingerprint density at radius 2 is 2.00 bits per heavy atom. The van der Waals surface area contributed by atoms with Crippen molar-refractivity contribution in [1.29, 1.82) is 0 Å². The molecule has 2 rings (SSSR count). The third-order valence-electron chi connectivity index (χ3n) is 3.67. The highest BCUT2D eigenvalue weighted by molar-refractivity contribution is 5.95. The predicted octanol–water partition coefficient (Wildman–Crippen LogP) is 1.78. The Hall–Kier alpha value is -2.24. The van der Waals surface area contributed by atoms with E-state index in [2.05, 4.69) is 5.32 Å². The van der Waals surface area contributed by atoms with Gasteiger partial charge in [-0.15, -0.1) is 0 Å². The van der Waals surface area contributed by atoms with E-state index in [4.69, 9.17) is 14.2 Å². The summed E-state index contributed by atoms with van der Waals surface area (Å²) >= 11 is 0. The predicted molar refractivity (Wildman–Crippen MR) is 80.2 cm³/mol. The van der Waals surface area contributed by atoms with Crippen LogP contribution < -0.4 is 14.8 Å². The lowest BCUT2D eigenvalue weighted by atomic mass is 10.2. The summed E-state index contributed by atoms with van der Waals surface area (Å²) in [6.45, 7) is 1.65. The van der Waals surface area contributed by atoms with Gasteiger partial charge >= 0.3 is 5.97 Å². The molecule has 1 saturated carbocycles. The molecule has 0 radical (unpaired) electrons. The van der Waals surface area contributed by atoms with Crippen LogP contribution in [0.3, 0.4) is 0 Å². The van der Waals surface area contributed by atoms with Crippen molar-refractivity contribution < 1.29 is 23.8 Å². The SMILES string of the molecule is COc1cccc(C(=O)OCC(=O)N[C@H](C)C2CC2)c1OC. The van der Waals surface area contributed by atoms with E-state index in [9.17, 15) is 9.59 Å². The second-order valence-electron chi connectivity index (χ2n) is 5.31. The molecule has 0 bridgehead atoms. The highest BCUT2D eigenvalue weighted by atomic mass is 16.5. The highest BCUT2D eigenvalue weighted by Crippen LogP contribution is 2.32. The normalized spacial score (nSPS) is 14.9. The van der Waals surface area contributed by atoms with Crippen LogP contribution in [-0.4, -0.2) is 38.7 Å². The lowest BCUT2D eigenvalue weighted by molar-refractivity contribution is -0.125. The fourth-order valence-electron chi connectivity index (χ4n) is 2.27. The second-order valence-corrected chi connectivity index (χ2v) is 5.31. The zero-order chi connectivity index (χ0) is 16.1. The average Bonchev–Trinajstić information content (AvgIpc) is 3.36. The smallest absolute Gasteiger partial charge is 0.342 e. The van der Waals surface area contributed by atoms with Crippen molar-refractivity contribution in [2.24, 2.45) is 5.92 Å². The highest BCUT2D eigenvalue weighted by Gasteiger charge is 2.29. The number of amides is 1. The maximum atomic E-state index is 12.1. The number of methoxy groups -OCH3 is 2. The Morgan fingerprint density at radius 1 is 1.27 bits per heavy atom. The Morgan fingerprint density at radius 3 is 2.59 bits per heavy atom. The first-order valence-corrected chi connectivity index (χ1v) is 7.24. The van der Waals surface area contributed by atoms with Gasteiger partial charge in [-0.1, -0.05) is 6.07 Å². The molecule has 0 spiro atoms. The van der Waals surface area contributed by atoms with Crippen molar-refractivity contribution in [3.8, 4) is 11.5 Å². The van der Waals surface area contributed by atoms with Crippen LogP contribution in [0.5, 0.6) is 11.5 Å². The molecule has 0 saturated heterocycles. The molecule has 0 heterocycles. The first kappa shape index (κ1) is 16.1. The van der Waals surface area contributed by atoms with Crippen LogP contribution >= 0.6 is 0 Å². The average molecular weight is 307 g/mol. The van der Waals surface area contributed by atoms with Crippen LogP contribution in [0.2, 0.25) is 0 Å². The number of nitrogens with one attached hydrogen (secondary N) is 1. The first-order chi connectivity index (χ1) is 10.6. The summed E-state index contributed by atoms with van der Waals surface area (Å²) in [5.74, 6) is 0.364. The molecule has 1 aliphatic carbocycles. The number of esters is 1. The van der Waals surface area contributed by atoms with E-state index >= 15 is 0 Å². The van der Waals surface area contributed by atoms with Gasteiger partial charge in [0, 0.05) is 6.04 Å². The van der Waals surface area contributed by atoms with Crippen molar-refractivity contribution in [2.75, 3.05) is 20.8 Å². The van der Waals surface area contributed by atoms with Gasteiger partial charge in [0.05, 0.1) is 14.2 Å². The number of ether oxygens (including phenoxy) is 3. The van der Waals surface area contributed by atoms with E-state index in [0.29, 0.717) is 17.4 Å². The van der Waals surface area contributed by atoms with Crippen LogP contribution in [-0.2, 0) is 9.53 Å². The number of hydrogen-bond acceptors (Lipinski definition) is 5. The molecular weight excluding hydrogens is 286 g/mol. The maximum Gasteiger partial charge on any atom is 0.342 e. The van der Waals surface area contributed by atoms with E-state index in [1.165, 1.54) is 14.2 Å². The van der Waals surface area contributed by atoms with E-state index in [-0.39, 0.29) is 24.1 Å². The van der Waals surface area contributed by atoms with Gasteiger partial charge < -0.3 is 19.5 Å². The van der Waals surface area contributed by atoms with Crippen molar-refractivity contribution in [2.45, 2.75) is 25.8 Å². The summed E-state index contributed by atoms with van der Waals surface area (Å²) < 4.78 is 15.3. The topological polar surface area (TPSA) is 73.9 Å². The third kappa shape index (κ3) is 3.90. The van der Waals surface area contributed by atoms with E-state index in [1.807, 2.05) is 6.92 Å². The zero-order valence-electron chi connectivity index (χ0n) is 13.0. The second kappa shape index (κ2) is 7.15. The Balaban J connectivity index is 1.93. The van der Waals surface area contributed by atoms with Crippen LogP contribution in [0.1, 0.15) is 30.1 Å².